The number of allylic oxidation sites excluding steroid dienone is 4. The number of halogens is 2. The first kappa shape index (κ1) is 24.6. The molecule has 4 nitrogen and oxygen atoms in total. The van der Waals surface area contributed by atoms with E-state index in [1.165, 1.54) is 11.8 Å². The van der Waals surface area contributed by atoms with Crippen LogP contribution in [-0.4, -0.2) is 39.2 Å². The molecular formula is C27H30Cl2O4S. The van der Waals surface area contributed by atoms with Crippen LogP contribution in [0, 0.1) is 28.6 Å². The van der Waals surface area contributed by atoms with E-state index in [0.717, 1.165) is 24.8 Å². The number of ketones is 2. The Morgan fingerprint density at radius 2 is 2.00 bits per heavy atom. The lowest BCUT2D eigenvalue weighted by Gasteiger charge is -2.59. The number of fused-ring (bicyclic) bond motifs is 5. The zero-order valence-electron chi connectivity index (χ0n) is 19.4. The van der Waals surface area contributed by atoms with Crippen LogP contribution in [0.1, 0.15) is 46.0 Å². The third-order valence-corrected chi connectivity index (χ3v) is 11.4. The largest absolute Gasteiger partial charge is 0.393 e. The van der Waals surface area contributed by atoms with Gasteiger partial charge in [-0.3, -0.25) is 9.59 Å². The second kappa shape index (κ2) is 8.48. The predicted octanol–water partition coefficient (Wildman–Crippen LogP) is 5.66. The number of benzene rings is 1. The molecule has 182 valence electrons. The second-order valence-corrected chi connectivity index (χ2v) is 12.7. The summed E-state index contributed by atoms with van der Waals surface area (Å²) in [6.07, 6.45) is 7.88. The zero-order valence-corrected chi connectivity index (χ0v) is 21.7. The van der Waals surface area contributed by atoms with E-state index in [4.69, 9.17) is 23.2 Å². The van der Waals surface area contributed by atoms with Crippen molar-refractivity contribution in [3.63, 3.8) is 0 Å². The average Bonchev–Trinajstić information content (AvgIpc) is 3.06. The number of aliphatic hydroxyl groups excluding tert-OH is 1. The Labute approximate surface area is 214 Å². The third-order valence-electron chi connectivity index (χ3n) is 9.38. The number of thioether (sulfide) groups is 1. The standard InChI is InChI=1S/C27H30Cl2O4S/c1-25-10-8-16(30)12-15(25)6-7-17-18-9-11-27(33,26(18,2)13-20(31)23(17)25)22(32)14-34-21-5-3-4-19(28)24(21)29/h3-5,8,10,12,17-18,20,23,31,33H,6-7,9,11,13-14H2,1-2H3/t17?,18?,20-,23?,25?,26?,27-/m0/s1. The van der Waals surface area contributed by atoms with Crippen molar-refractivity contribution in [2.45, 2.75) is 62.6 Å². The molecule has 1 aromatic rings. The summed E-state index contributed by atoms with van der Waals surface area (Å²) in [5, 5.41) is 24.2. The maximum Gasteiger partial charge on any atom is 0.178 e. The first-order valence-electron chi connectivity index (χ1n) is 12.0. The molecule has 7 heteroatoms. The molecule has 4 aliphatic carbocycles. The minimum Gasteiger partial charge on any atom is -0.393 e. The van der Waals surface area contributed by atoms with Gasteiger partial charge in [-0.25, -0.2) is 0 Å². The van der Waals surface area contributed by atoms with E-state index in [1.807, 2.05) is 19.1 Å². The molecule has 5 unspecified atom stereocenters. The maximum atomic E-state index is 13.5. The summed E-state index contributed by atoms with van der Waals surface area (Å²) in [6, 6.07) is 5.31. The Bertz CT molecular complexity index is 1120. The quantitative estimate of drug-likeness (QED) is 0.500. The van der Waals surface area contributed by atoms with Crippen LogP contribution in [0.25, 0.3) is 0 Å². The lowest BCUT2D eigenvalue weighted by molar-refractivity contribution is -0.174. The molecule has 1 aromatic carbocycles. The molecular weight excluding hydrogens is 491 g/mol. The zero-order chi connectivity index (χ0) is 24.5. The number of aliphatic hydroxyl groups is 2. The van der Waals surface area contributed by atoms with Gasteiger partial charge in [-0.1, -0.05) is 54.8 Å². The van der Waals surface area contributed by atoms with E-state index < -0.39 is 17.1 Å². The molecule has 2 N–H and O–H groups in total. The van der Waals surface area contributed by atoms with Gasteiger partial charge in [0.2, 0.25) is 0 Å². The van der Waals surface area contributed by atoms with Gasteiger partial charge in [0.25, 0.3) is 0 Å². The molecule has 0 aromatic heterocycles. The van der Waals surface area contributed by atoms with Crippen LogP contribution in [0.5, 0.6) is 0 Å². The number of rotatable bonds is 4. The van der Waals surface area contributed by atoms with E-state index in [1.54, 1.807) is 24.3 Å². The number of Topliss-reactive ketones (excluding diaryl/α,β-unsaturated/α-hetero) is 1. The third kappa shape index (κ3) is 3.49. The fourth-order valence-electron chi connectivity index (χ4n) is 7.65. The molecule has 0 heterocycles. The molecule has 0 amide bonds. The topological polar surface area (TPSA) is 74.6 Å². The summed E-state index contributed by atoms with van der Waals surface area (Å²) in [4.78, 5) is 26.2. The molecule has 3 saturated carbocycles. The lowest BCUT2D eigenvalue weighted by atomic mass is 9.46. The SMILES string of the molecule is CC12C=CC(=O)C=C1CCC1C2[C@@H](O)CC2(C)C1CC[C@]2(O)C(=O)CSc1cccc(Cl)c1Cl. The van der Waals surface area contributed by atoms with Gasteiger partial charge in [-0.2, -0.15) is 0 Å². The van der Waals surface area contributed by atoms with Crippen LogP contribution < -0.4 is 0 Å². The number of carbonyl (C=O) groups is 2. The lowest BCUT2D eigenvalue weighted by Crippen LogP contribution is -2.61. The molecule has 3 fully saturated rings. The van der Waals surface area contributed by atoms with Crippen LogP contribution in [0.15, 0.2) is 46.9 Å². The van der Waals surface area contributed by atoms with E-state index in [2.05, 4.69) is 6.92 Å². The van der Waals surface area contributed by atoms with Crippen molar-refractivity contribution >= 4 is 46.5 Å². The highest BCUT2D eigenvalue weighted by Crippen LogP contribution is 2.67. The Balaban J connectivity index is 1.40. The minimum absolute atomic E-state index is 0.0132. The molecule has 7 atom stereocenters. The molecule has 34 heavy (non-hydrogen) atoms. The van der Waals surface area contributed by atoms with Gasteiger partial charge in [0.05, 0.1) is 21.9 Å². The fraction of sp³-hybridized carbons (Fsp3) is 0.556. The maximum absolute atomic E-state index is 13.5. The van der Waals surface area contributed by atoms with Crippen LogP contribution in [0.2, 0.25) is 10.0 Å². The normalized spacial score (nSPS) is 40.9. The van der Waals surface area contributed by atoms with Crippen molar-refractivity contribution in [1.29, 1.82) is 0 Å². The van der Waals surface area contributed by atoms with Crippen molar-refractivity contribution in [1.82, 2.24) is 0 Å². The van der Waals surface area contributed by atoms with Gasteiger partial charge in [0, 0.05) is 21.6 Å². The highest BCUT2D eigenvalue weighted by molar-refractivity contribution is 8.00. The Kier molecular flexibility index (Phi) is 6.13. The van der Waals surface area contributed by atoms with Crippen LogP contribution in [0.4, 0.5) is 0 Å². The fourth-order valence-corrected chi connectivity index (χ4v) is 9.10. The van der Waals surface area contributed by atoms with Crippen LogP contribution >= 0.6 is 35.0 Å². The van der Waals surface area contributed by atoms with Crippen molar-refractivity contribution in [3.8, 4) is 0 Å². The van der Waals surface area contributed by atoms with E-state index >= 15 is 0 Å². The Morgan fingerprint density at radius 3 is 2.76 bits per heavy atom. The van der Waals surface area contributed by atoms with Gasteiger partial charge in [0.1, 0.15) is 5.60 Å². The van der Waals surface area contributed by atoms with Crippen molar-refractivity contribution in [3.05, 3.63) is 52.0 Å². The van der Waals surface area contributed by atoms with Gasteiger partial charge in [-0.05, 0) is 68.2 Å². The second-order valence-electron chi connectivity index (χ2n) is 10.9. The molecule has 0 aliphatic heterocycles. The molecule has 0 spiro atoms. The van der Waals surface area contributed by atoms with E-state index in [0.29, 0.717) is 27.8 Å². The van der Waals surface area contributed by atoms with Gasteiger partial charge < -0.3 is 10.2 Å². The summed E-state index contributed by atoms with van der Waals surface area (Å²) in [6.45, 7) is 4.12. The smallest absolute Gasteiger partial charge is 0.178 e. The summed E-state index contributed by atoms with van der Waals surface area (Å²) < 4.78 is 0. The molecule has 0 saturated heterocycles. The highest BCUT2D eigenvalue weighted by atomic mass is 35.5. The Morgan fingerprint density at radius 1 is 1.24 bits per heavy atom. The summed E-state index contributed by atoms with van der Waals surface area (Å²) >= 11 is 13.7. The van der Waals surface area contributed by atoms with Crippen molar-refractivity contribution < 1.29 is 19.8 Å². The summed E-state index contributed by atoms with van der Waals surface area (Å²) in [5.74, 6) is 0.198. The summed E-state index contributed by atoms with van der Waals surface area (Å²) in [7, 11) is 0. The molecule has 0 bridgehead atoms. The number of hydrogen-bond acceptors (Lipinski definition) is 5. The molecule has 5 rings (SSSR count). The van der Waals surface area contributed by atoms with Crippen molar-refractivity contribution in [2.75, 3.05) is 5.75 Å². The van der Waals surface area contributed by atoms with Gasteiger partial charge >= 0.3 is 0 Å². The molecule has 4 aliphatic rings. The van der Waals surface area contributed by atoms with E-state index in [-0.39, 0.29) is 40.5 Å². The monoisotopic (exact) mass is 520 g/mol. The predicted molar refractivity (Wildman–Crippen MR) is 135 cm³/mol. The number of carbonyl (C=O) groups excluding carboxylic acids is 2. The average molecular weight is 522 g/mol. The Hall–Kier alpha value is -1.11. The van der Waals surface area contributed by atoms with Crippen molar-refractivity contribution in [2.24, 2.45) is 28.6 Å². The van der Waals surface area contributed by atoms with Crippen LogP contribution in [0.3, 0.4) is 0 Å². The van der Waals surface area contributed by atoms with Gasteiger partial charge in [0.15, 0.2) is 11.6 Å². The number of hydrogen-bond donors (Lipinski definition) is 2. The van der Waals surface area contributed by atoms with Gasteiger partial charge in [-0.15, -0.1) is 11.8 Å². The highest BCUT2D eigenvalue weighted by Gasteiger charge is 2.67. The summed E-state index contributed by atoms with van der Waals surface area (Å²) in [5.41, 5.74) is -1.45. The first-order chi connectivity index (χ1) is 16.0. The molecule has 0 radical (unpaired) electrons. The minimum atomic E-state index is -1.49. The van der Waals surface area contributed by atoms with E-state index in [9.17, 15) is 19.8 Å². The first-order valence-corrected chi connectivity index (χ1v) is 13.7. The van der Waals surface area contributed by atoms with Crippen LogP contribution in [-0.2, 0) is 9.59 Å².